The molecule has 120 valence electrons. The van der Waals surface area contributed by atoms with Gasteiger partial charge in [-0.2, -0.15) is 0 Å². The number of carbonyl (C=O) groups excluding carboxylic acids is 1. The molecular formula is C15H21N3O4. The highest BCUT2D eigenvalue weighted by atomic mass is 16.4. The Morgan fingerprint density at radius 2 is 2.18 bits per heavy atom. The minimum Gasteiger partial charge on any atom is -0.408 e. The van der Waals surface area contributed by atoms with Crippen molar-refractivity contribution in [2.45, 2.75) is 26.0 Å². The van der Waals surface area contributed by atoms with E-state index >= 15 is 0 Å². The molecule has 7 nitrogen and oxygen atoms in total. The Bertz CT molecular complexity index is 689. The van der Waals surface area contributed by atoms with Crippen molar-refractivity contribution in [2.24, 2.45) is 0 Å². The number of nitrogens with zero attached hydrogens (tertiary/aromatic N) is 2. The van der Waals surface area contributed by atoms with Crippen molar-refractivity contribution in [2.75, 3.05) is 20.1 Å². The van der Waals surface area contributed by atoms with Crippen molar-refractivity contribution in [3.63, 3.8) is 0 Å². The molecule has 0 radical (unpaired) electrons. The maximum Gasteiger partial charge on any atom is 0.420 e. The van der Waals surface area contributed by atoms with Gasteiger partial charge in [0.05, 0.1) is 11.6 Å². The minimum atomic E-state index is -0.439. The Morgan fingerprint density at radius 1 is 1.45 bits per heavy atom. The predicted molar refractivity (Wildman–Crippen MR) is 82.8 cm³/mol. The number of fused-ring (bicyclic) bond motifs is 1. The van der Waals surface area contributed by atoms with Gasteiger partial charge in [0, 0.05) is 26.7 Å². The van der Waals surface area contributed by atoms with Gasteiger partial charge in [0.15, 0.2) is 5.58 Å². The van der Waals surface area contributed by atoms with Crippen LogP contribution in [0, 0.1) is 0 Å². The first-order chi connectivity index (χ1) is 10.5. The van der Waals surface area contributed by atoms with Crippen molar-refractivity contribution in [1.29, 1.82) is 0 Å². The van der Waals surface area contributed by atoms with Gasteiger partial charge in [0.25, 0.3) is 0 Å². The molecule has 0 fully saturated rings. The summed E-state index contributed by atoms with van der Waals surface area (Å²) in [7, 11) is 1.66. The summed E-state index contributed by atoms with van der Waals surface area (Å²) in [5.41, 5.74) is 1.25. The SMILES string of the molecule is CC(O)CCN(C)C(=O)NCCn1c(=O)oc2ccccc21. The molecule has 1 aromatic heterocycles. The van der Waals surface area contributed by atoms with E-state index in [4.69, 9.17) is 4.42 Å². The van der Waals surface area contributed by atoms with Crippen molar-refractivity contribution in [3.05, 3.63) is 34.8 Å². The van der Waals surface area contributed by atoms with E-state index in [1.165, 1.54) is 9.47 Å². The van der Waals surface area contributed by atoms with Gasteiger partial charge in [-0.1, -0.05) is 12.1 Å². The van der Waals surface area contributed by atoms with Gasteiger partial charge in [-0.15, -0.1) is 0 Å². The van der Waals surface area contributed by atoms with Crippen molar-refractivity contribution in [1.82, 2.24) is 14.8 Å². The van der Waals surface area contributed by atoms with E-state index in [-0.39, 0.29) is 6.03 Å². The van der Waals surface area contributed by atoms with Crippen LogP contribution in [0.3, 0.4) is 0 Å². The van der Waals surface area contributed by atoms with Gasteiger partial charge in [-0.3, -0.25) is 4.57 Å². The van der Waals surface area contributed by atoms with Crippen LogP contribution < -0.4 is 11.1 Å². The van der Waals surface area contributed by atoms with E-state index in [9.17, 15) is 14.7 Å². The largest absolute Gasteiger partial charge is 0.420 e. The number of aliphatic hydroxyl groups excluding tert-OH is 1. The Morgan fingerprint density at radius 3 is 2.91 bits per heavy atom. The standard InChI is InChI=1S/C15H21N3O4/c1-11(19)7-9-17(2)14(20)16-8-10-18-12-5-3-4-6-13(12)22-15(18)21/h3-6,11,19H,7-10H2,1-2H3,(H,16,20). The topological polar surface area (TPSA) is 87.7 Å². The lowest BCUT2D eigenvalue weighted by atomic mass is 10.3. The molecule has 0 saturated carbocycles. The van der Waals surface area contributed by atoms with Crippen LogP contribution in [0.2, 0.25) is 0 Å². The highest BCUT2D eigenvalue weighted by Gasteiger charge is 2.11. The predicted octanol–water partition coefficient (Wildman–Crippen LogP) is 1.01. The van der Waals surface area contributed by atoms with Crippen LogP contribution in [-0.4, -0.2) is 46.8 Å². The summed E-state index contributed by atoms with van der Waals surface area (Å²) < 4.78 is 6.62. The number of hydrogen-bond donors (Lipinski definition) is 2. The summed E-state index contributed by atoms with van der Waals surface area (Å²) in [6.45, 7) is 2.81. The average Bonchev–Trinajstić information content (AvgIpc) is 2.80. The van der Waals surface area contributed by atoms with Crippen LogP contribution in [0.5, 0.6) is 0 Å². The van der Waals surface area contributed by atoms with Crippen LogP contribution in [0.15, 0.2) is 33.5 Å². The summed E-state index contributed by atoms with van der Waals surface area (Å²) in [6, 6.07) is 6.93. The fourth-order valence-electron chi connectivity index (χ4n) is 2.12. The zero-order chi connectivity index (χ0) is 16.1. The number of carbonyl (C=O) groups is 1. The Kier molecular flexibility index (Phi) is 5.21. The molecule has 2 amide bonds. The molecule has 22 heavy (non-hydrogen) atoms. The summed E-state index contributed by atoms with van der Waals surface area (Å²) in [6.07, 6.45) is 0.0848. The molecule has 0 saturated heterocycles. The molecule has 1 heterocycles. The van der Waals surface area contributed by atoms with Gasteiger partial charge in [0.1, 0.15) is 0 Å². The molecule has 0 spiro atoms. The number of oxazole rings is 1. The first kappa shape index (κ1) is 16.1. The Hall–Kier alpha value is -2.28. The van der Waals surface area contributed by atoms with Gasteiger partial charge >= 0.3 is 11.8 Å². The lowest BCUT2D eigenvalue weighted by Gasteiger charge is -2.18. The van der Waals surface area contributed by atoms with E-state index in [2.05, 4.69) is 5.32 Å². The number of amides is 2. The van der Waals surface area contributed by atoms with E-state index in [0.29, 0.717) is 37.2 Å². The second-order valence-corrected chi connectivity index (χ2v) is 5.28. The molecule has 1 atom stereocenters. The summed E-state index contributed by atoms with van der Waals surface area (Å²) in [5.74, 6) is -0.432. The highest BCUT2D eigenvalue weighted by Crippen LogP contribution is 2.11. The molecule has 1 aromatic carbocycles. The number of aromatic nitrogens is 1. The highest BCUT2D eigenvalue weighted by molar-refractivity contribution is 5.74. The smallest absolute Gasteiger partial charge is 0.408 e. The quantitative estimate of drug-likeness (QED) is 0.833. The molecular weight excluding hydrogens is 286 g/mol. The summed E-state index contributed by atoms with van der Waals surface area (Å²) >= 11 is 0. The van der Waals surface area contributed by atoms with Gasteiger partial charge < -0.3 is 19.7 Å². The average molecular weight is 307 g/mol. The minimum absolute atomic E-state index is 0.235. The van der Waals surface area contributed by atoms with Crippen LogP contribution in [0.4, 0.5) is 4.79 Å². The number of aliphatic hydroxyl groups is 1. The summed E-state index contributed by atoms with van der Waals surface area (Å²) in [4.78, 5) is 25.1. The number of nitrogens with one attached hydrogen (secondary N) is 1. The zero-order valence-corrected chi connectivity index (χ0v) is 12.8. The number of benzene rings is 1. The van der Waals surface area contributed by atoms with Crippen LogP contribution in [0.25, 0.3) is 11.1 Å². The zero-order valence-electron chi connectivity index (χ0n) is 12.8. The molecule has 2 rings (SSSR count). The maximum absolute atomic E-state index is 11.9. The molecule has 7 heteroatoms. The third-order valence-corrected chi connectivity index (χ3v) is 3.41. The van der Waals surface area contributed by atoms with Crippen LogP contribution >= 0.6 is 0 Å². The van der Waals surface area contributed by atoms with E-state index in [1.54, 1.807) is 32.2 Å². The van der Waals surface area contributed by atoms with Crippen LogP contribution in [0.1, 0.15) is 13.3 Å². The first-order valence-corrected chi connectivity index (χ1v) is 7.24. The molecule has 0 aliphatic heterocycles. The van der Waals surface area contributed by atoms with Gasteiger partial charge in [0.2, 0.25) is 0 Å². The van der Waals surface area contributed by atoms with Crippen molar-refractivity contribution >= 4 is 17.1 Å². The molecule has 0 aliphatic carbocycles. The molecule has 2 aromatic rings. The van der Waals surface area contributed by atoms with E-state index in [0.717, 1.165) is 0 Å². The van der Waals surface area contributed by atoms with Crippen LogP contribution in [-0.2, 0) is 6.54 Å². The lowest BCUT2D eigenvalue weighted by molar-refractivity contribution is 0.163. The van der Waals surface area contributed by atoms with E-state index in [1.807, 2.05) is 6.07 Å². The van der Waals surface area contributed by atoms with E-state index < -0.39 is 11.9 Å². The maximum atomic E-state index is 11.9. The number of hydrogen-bond acceptors (Lipinski definition) is 4. The molecule has 0 bridgehead atoms. The second-order valence-electron chi connectivity index (χ2n) is 5.28. The van der Waals surface area contributed by atoms with Gasteiger partial charge in [-0.25, -0.2) is 9.59 Å². The lowest BCUT2D eigenvalue weighted by Crippen LogP contribution is -2.40. The number of para-hydroxylation sites is 2. The number of urea groups is 1. The second kappa shape index (κ2) is 7.13. The third-order valence-electron chi connectivity index (χ3n) is 3.41. The third kappa shape index (κ3) is 3.88. The molecule has 1 unspecified atom stereocenters. The molecule has 0 aliphatic rings. The first-order valence-electron chi connectivity index (χ1n) is 7.24. The molecule has 2 N–H and O–H groups in total. The van der Waals surface area contributed by atoms with Gasteiger partial charge in [-0.05, 0) is 25.5 Å². The Labute approximate surface area is 128 Å². The monoisotopic (exact) mass is 307 g/mol. The van der Waals surface area contributed by atoms with Crippen molar-refractivity contribution < 1.29 is 14.3 Å². The summed E-state index contributed by atoms with van der Waals surface area (Å²) in [5, 5.41) is 11.9. The number of rotatable bonds is 6. The fourth-order valence-corrected chi connectivity index (χ4v) is 2.12. The van der Waals surface area contributed by atoms with Crippen molar-refractivity contribution in [3.8, 4) is 0 Å². The Balaban J connectivity index is 1.89. The fraction of sp³-hybridized carbons (Fsp3) is 0.467. The normalized spacial score (nSPS) is 12.3.